The predicted molar refractivity (Wildman–Crippen MR) is 106 cm³/mol. The lowest BCUT2D eigenvalue weighted by molar-refractivity contribution is 0.0527. The molecule has 0 saturated carbocycles. The summed E-state index contributed by atoms with van der Waals surface area (Å²) in [7, 11) is 0. The molecule has 0 unspecified atom stereocenters. The largest absolute Gasteiger partial charge is 0.462 e. The van der Waals surface area contributed by atoms with Gasteiger partial charge in [-0.1, -0.05) is 43.3 Å². The first-order valence-corrected chi connectivity index (χ1v) is 9.46. The minimum Gasteiger partial charge on any atom is -0.462 e. The Balaban J connectivity index is 2.00. The Morgan fingerprint density at radius 1 is 1.08 bits per heavy atom. The van der Waals surface area contributed by atoms with Crippen molar-refractivity contribution in [2.24, 2.45) is 0 Å². The van der Waals surface area contributed by atoms with Crippen LogP contribution in [0.1, 0.15) is 45.0 Å². The molecule has 5 heteroatoms. The number of fused-ring (bicyclic) bond motifs is 1. The van der Waals surface area contributed by atoms with E-state index in [0.29, 0.717) is 29.2 Å². The van der Waals surface area contributed by atoms with E-state index in [-0.39, 0.29) is 11.9 Å². The molecular formula is C21H21NO3S. The highest BCUT2D eigenvalue weighted by Crippen LogP contribution is 2.34. The van der Waals surface area contributed by atoms with Gasteiger partial charge in [0, 0.05) is 10.4 Å². The highest BCUT2D eigenvalue weighted by Gasteiger charge is 2.24. The van der Waals surface area contributed by atoms with E-state index in [9.17, 15) is 9.59 Å². The van der Waals surface area contributed by atoms with E-state index in [1.165, 1.54) is 11.3 Å². The molecule has 0 spiro atoms. The smallest absolute Gasteiger partial charge is 0.341 e. The molecule has 0 aliphatic rings. The standard InChI is InChI=1S/C21H21NO3S/c1-4-15-13(3)26-20(18(15)21(24)25-5-2)22-19(23)17-12-8-10-14-9-6-7-11-16(14)17/h6-12H,4-5H2,1-3H3,(H,22,23). The number of carbonyl (C=O) groups is 2. The van der Waals surface area contributed by atoms with E-state index >= 15 is 0 Å². The molecule has 134 valence electrons. The van der Waals surface area contributed by atoms with Gasteiger partial charge in [0.25, 0.3) is 5.91 Å². The molecule has 0 aliphatic carbocycles. The minimum atomic E-state index is -0.387. The molecule has 0 radical (unpaired) electrons. The van der Waals surface area contributed by atoms with E-state index in [2.05, 4.69) is 5.32 Å². The quantitative estimate of drug-likeness (QED) is 0.631. The van der Waals surface area contributed by atoms with Crippen LogP contribution in [0.5, 0.6) is 0 Å². The second kappa shape index (κ2) is 7.70. The topological polar surface area (TPSA) is 55.4 Å². The Morgan fingerprint density at radius 3 is 2.54 bits per heavy atom. The van der Waals surface area contributed by atoms with Gasteiger partial charge in [-0.2, -0.15) is 0 Å². The third-order valence-corrected chi connectivity index (χ3v) is 5.37. The van der Waals surface area contributed by atoms with Crippen LogP contribution in [0.2, 0.25) is 0 Å². The van der Waals surface area contributed by atoms with Gasteiger partial charge < -0.3 is 10.1 Å². The van der Waals surface area contributed by atoms with Gasteiger partial charge in [-0.05, 0) is 42.7 Å². The van der Waals surface area contributed by atoms with Crippen LogP contribution < -0.4 is 5.32 Å². The molecule has 0 aliphatic heterocycles. The Bertz CT molecular complexity index is 969. The van der Waals surface area contributed by atoms with Crippen LogP contribution in [-0.4, -0.2) is 18.5 Å². The van der Waals surface area contributed by atoms with Crippen LogP contribution in [0.15, 0.2) is 42.5 Å². The highest BCUT2D eigenvalue weighted by molar-refractivity contribution is 7.16. The summed E-state index contributed by atoms with van der Waals surface area (Å²) in [6.45, 7) is 6.03. The zero-order chi connectivity index (χ0) is 18.7. The van der Waals surface area contributed by atoms with Crippen molar-refractivity contribution in [3.63, 3.8) is 0 Å². The Labute approximate surface area is 156 Å². The molecule has 26 heavy (non-hydrogen) atoms. The molecule has 0 atom stereocenters. The van der Waals surface area contributed by atoms with E-state index in [4.69, 9.17) is 4.74 Å². The second-order valence-electron chi connectivity index (χ2n) is 5.90. The molecule has 1 N–H and O–H groups in total. The number of hydrogen-bond donors (Lipinski definition) is 1. The molecule has 3 rings (SSSR count). The van der Waals surface area contributed by atoms with Crippen molar-refractivity contribution in [1.82, 2.24) is 0 Å². The van der Waals surface area contributed by atoms with Gasteiger partial charge in [-0.15, -0.1) is 11.3 Å². The summed E-state index contributed by atoms with van der Waals surface area (Å²) >= 11 is 1.42. The summed E-state index contributed by atoms with van der Waals surface area (Å²) in [6, 6.07) is 13.4. The van der Waals surface area contributed by atoms with E-state index in [1.54, 1.807) is 13.0 Å². The number of nitrogens with one attached hydrogen (secondary N) is 1. The van der Waals surface area contributed by atoms with Gasteiger partial charge >= 0.3 is 5.97 Å². The van der Waals surface area contributed by atoms with E-state index in [1.807, 2.05) is 50.2 Å². The van der Waals surface area contributed by atoms with Crippen LogP contribution in [0.25, 0.3) is 10.8 Å². The molecule has 0 bridgehead atoms. The number of esters is 1. The Morgan fingerprint density at radius 2 is 1.81 bits per heavy atom. The molecule has 4 nitrogen and oxygen atoms in total. The number of hydrogen-bond acceptors (Lipinski definition) is 4. The Hall–Kier alpha value is -2.66. The van der Waals surface area contributed by atoms with Crippen molar-refractivity contribution in [2.75, 3.05) is 11.9 Å². The van der Waals surface area contributed by atoms with E-state index in [0.717, 1.165) is 21.2 Å². The van der Waals surface area contributed by atoms with Gasteiger partial charge in [0.2, 0.25) is 0 Å². The normalized spacial score (nSPS) is 10.7. The van der Waals surface area contributed by atoms with Crippen LogP contribution in [0.3, 0.4) is 0 Å². The first-order valence-electron chi connectivity index (χ1n) is 8.65. The van der Waals surface area contributed by atoms with Crippen LogP contribution >= 0.6 is 11.3 Å². The summed E-state index contributed by atoms with van der Waals surface area (Å²) in [5, 5.41) is 5.37. The molecule has 1 amide bonds. The van der Waals surface area contributed by atoms with Gasteiger partial charge in [0.05, 0.1) is 12.2 Å². The predicted octanol–water partition coefficient (Wildman–Crippen LogP) is 5.20. The summed E-state index contributed by atoms with van der Waals surface area (Å²) < 4.78 is 5.20. The maximum Gasteiger partial charge on any atom is 0.341 e. The van der Waals surface area contributed by atoms with Gasteiger partial charge in [-0.3, -0.25) is 4.79 Å². The summed E-state index contributed by atoms with van der Waals surface area (Å²) in [5.41, 5.74) is 1.99. The second-order valence-corrected chi connectivity index (χ2v) is 7.12. The van der Waals surface area contributed by atoms with Crippen LogP contribution in [-0.2, 0) is 11.2 Å². The van der Waals surface area contributed by atoms with Crippen molar-refractivity contribution < 1.29 is 14.3 Å². The number of amides is 1. The number of benzene rings is 2. The van der Waals surface area contributed by atoms with Gasteiger partial charge in [0.1, 0.15) is 5.00 Å². The summed E-state index contributed by atoms with van der Waals surface area (Å²) in [4.78, 5) is 26.4. The number of rotatable bonds is 5. The lowest BCUT2D eigenvalue weighted by Crippen LogP contribution is -2.15. The van der Waals surface area contributed by atoms with Crippen LogP contribution in [0.4, 0.5) is 5.00 Å². The fourth-order valence-electron chi connectivity index (χ4n) is 3.11. The molecule has 1 aromatic heterocycles. The van der Waals surface area contributed by atoms with Gasteiger partial charge in [-0.25, -0.2) is 4.79 Å². The van der Waals surface area contributed by atoms with Crippen molar-refractivity contribution >= 4 is 39.0 Å². The zero-order valence-electron chi connectivity index (χ0n) is 15.1. The molecule has 0 saturated heterocycles. The minimum absolute atomic E-state index is 0.226. The first kappa shape index (κ1) is 18.1. The Kier molecular flexibility index (Phi) is 5.38. The third-order valence-electron chi connectivity index (χ3n) is 4.30. The fourth-order valence-corrected chi connectivity index (χ4v) is 4.23. The number of carbonyl (C=O) groups excluding carboxylic acids is 2. The molecule has 3 aromatic rings. The first-order chi connectivity index (χ1) is 12.6. The molecular weight excluding hydrogens is 346 g/mol. The third kappa shape index (κ3) is 3.35. The fraction of sp³-hybridized carbons (Fsp3) is 0.238. The highest BCUT2D eigenvalue weighted by atomic mass is 32.1. The SMILES string of the molecule is CCOC(=O)c1c(NC(=O)c2cccc3ccccc23)sc(C)c1CC. The van der Waals surface area contributed by atoms with Crippen molar-refractivity contribution in [3.8, 4) is 0 Å². The van der Waals surface area contributed by atoms with Crippen molar-refractivity contribution in [1.29, 1.82) is 0 Å². The molecule has 0 fully saturated rings. The zero-order valence-corrected chi connectivity index (χ0v) is 15.9. The summed E-state index contributed by atoms with van der Waals surface area (Å²) in [5.74, 6) is -0.613. The maximum absolute atomic E-state index is 12.9. The van der Waals surface area contributed by atoms with Gasteiger partial charge in [0.15, 0.2) is 0 Å². The molecule has 1 heterocycles. The number of aryl methyl sites for hydroxylation is 1. The number of ether oxygens (including phenoxy) is 1. The summed E-state index contributed by atoms with van der Waals surface area (Å²) in [6.07, 6.45) is 0.709. The van der Waals surface area contributed by atoms with Crippen molar-refractivity contribution in [2.45, 2.75) is 27.2 Å². The monoisotopic (exact) mass is 367 g/mol. The molecule has 2 aromatic carbocycles. The van der Waals surface area contributed by atoms with Crippen molar-refractivity contribution in [3.05, 3.63) is 64.0 Å². The maximum atomic E-state index is 12.9. The number of thiophene rings is 1. The van der Waals surface area contributed by atoms with E-state index < -0.39 is 0 Å². The lowest BCUT2D eigenvalue weighted by atomic mass is 10.0. The average molecular weight is 367 g/mol. The average Bonchev–Trinajstić information content (AvgIpc) is 2.96. The number of anilines is 1. The van der Waals surface area contributed by atoms with Crippen LogP contribution in [0, 0.1) is 6.92 Å². The lowest BCUT2D eigenvalue weighted by Gasteiger charge is -2.09.